The number of fused-ring (bicyclic) bond motifs is 1. The molecule has 3 aliphatic rings. The summed E-state index contributed by atoms with van der Waals surface area (Å²) in [7, 11) is 0. The molecule has 5 nitrogen and oxygen atoms in total. The summed E-state index contributed by atoms with van der Waals surface area (Å²) in [6, 6.07) is 10.8. The normalized spacial score (nSPS) is 27.2. The second kappa shape index (κ2) is 8.99. The van der Waals surface area contributed by atoms with Gasteiger partial charge in [-0.1, -0.05) is 18.6 Å². The second-order valence-corrected chi connectivity index (χ2v) is 9.13. The first-order valence-electron chi connectivity index (χ1n) is 11.5. The van der Waals surface area contributed by atoms with E-state index in [2.05, 4.69) is 39.2 Å². The van der Waals surface area contributed by atoms with Gasteiger partial charge < -0.3 is 9.64 Å². The van der Waals surface area contributed by atoms with Crippen molar-refractivity contribution in [3.05, 3.63) is 48.3 Å². The summed E-state index contributed by atoms with van der Waals surface area (Å²) in [6.45, 7) is 9.31. The molecule has 1 aromatic heterocycles. The van der Waals surface area contributed by atoms with Crippen LogP contribution in [0.1, 0.15) is 31.2 Å². The van der Waals surface area contributed by atoms with Gasteiger partial charge in [-0.25, -0.2) is 4.68 Å². The lowest BCUT2D eigenvalue weighted by molar-refractivity contribution is 0.0967. The molecule has 3 fully saturated rings. The van der Waals surface area contributed by atoms with E-state index in [9.17, 15) is 0 Å². The van der Waals surface area contributed by atoms with Crippen LogP contribution >= 0.6 is 0 Å². The fourth-order valence-electron chi connectivity index (χ4n) is 5.34. The Morgan fingerprint density at radius 2 is 1.76 bits per heavy atom. The zero-order chi connectivity index (χ0) is 19.5. The Bertz CT molecular complexity index is 742. The van der Waals surface area contributed by atoms with E-state index in [0.29, 0.717) is 0 Å². The lowest BCUT2D eigenvalue weighted by Gasteiger charge is -2.26. The molecule has 5 rings (SSSR count). The predicted molar refractivity (Wildman–Crippen MR) is 115 cm³/mol. The number of likely N-dealkylation sites (tertiary alicyclic amines) is 2. The molecule has 29 heavy (non-hydrogen) atoms. The van der Waals surface area contributed by atoms with Crippen LogP contribution in [0, 0.1) is 17.8 Å². The maximum Gasteiger partial charge on any atom is 0.0645 e. The van der Waals surface area contributed by atoms with Crippen molar-refractivity contribution in [1.82, 2.24) is 19.6 Å². The number of rotatable bonds is 9. The highest BCUT2D eigenvalue weighted by Gasteiger charge is 2.55. The summed E-state index contributed by atoms with van der Waals surface area (Å²) in [6.07, 6.45) is 9.19. The summed E-state index contributed by atoms with van der Waals surface area (Å²) in [5.41, 5.74) is 2.52. The van der Waals surface area contributed by atoms with Crippen LogP contribution in [-0.4, -0.2) is 65.5 Å². The van der Waals surface area contributed by atoms with Gasteiger partial charge in [0, 0.05) is 45.2 Å². The highest BCUT2D eigenvalue weighted by molar-refractivity contribution is 5.33. The summed E-state index contributed by atoms with van der Waals surface area (Å²) in [5.74, 6) is 2.57. The van der Waals surface area contributed by atoms with Crippen LogP contribution in [0.4, 0.5) is 0 Å². The van der Waals surface area contributed by atoms with Crippen LogP contribution in [-0.2, 0) is 11.3 Å². The first-order chi connectivity index (χ1) is 14.4. The van der Waals surface area contributed by atoms with Crippen molar-refractivity contribution in [3.63, 3.8) is 0 Å². The number of piperidine rings is 2. The van der Waals surface area contributed by atoms with Gasteiger partial charge in [-0.05, 0) is 73.9 Å². The van der Waals surface area contributed by atoms with E-state index in [0.717, 1.165) is 43.2 Å². The number of hydrogen-bond acceptors (Lipinski definition) is 4. The van der Waals surface area contributed by atoms with Crippen molar-refractivity contribution in [2.24, 2.45) is 17.8 Å². The highest BCUT2D eigenvalue weighted by Crippen LogP contribution is 2.52. The molecule has 0 radical (unpaired) electrons. The maximum absolute atomic E-state index is 6.03. The summed E-state index contributed by atoms with van der Waals surface area (Å²) in [5, 5.41) is 4.30. The Kier molecular flexibility index (Phi) is 5.97. The molecule has 1 saturated carbocycles. The van der Waals surface area contributed by atoms with Gasteiger partial charge in [0.2, 0.25) is 0 Å². The second-order valence-electron chi connectivity index (χ2n) is 9.13. The minimum atomic E-state index is 0.823. The molecule has 2 atom stereocenters. The molecular formula is C24H34N4O. The van der Waals surface area contributed by atoms with E-state index in [4.69, 9.17) is 4.74 Å². The molecule has 2 aromatic rings. The van der Waals surface area contributed by atoms with Crippen molar-refractivity contribution < 1.29 is 4.74 Å². The van der Waals surface area contributed by atoms with Crippen LogP contribution < -0.4 is 0 Å². The van der Waals surface area contributed by atoms with E-state index in [1.54, 1.807) is 0 Å². The molecule has 156 valence electrons. The fraction of sp³-hybridized carbons (Fsp3) is 0.625. The largest absolute Gasteiger partial charge is 0.381 e. The van der Waals surface area contributed by atoms with Gasteiger partial charge in [0.25, 0.3) is 0 Å². The van der Waals surface area contributed by atoms with Crippen LogP contribution in [0.25, 0.3) is 5.69 Å². The van der Waals surface area contributed by atoms with Gasteiger partial charge in [0.1, 0.15) is 0 Å². The average Bonchev–Trinajstić information content (AvgIpc) is 3.15. The zero-order valence-corrected chi connectivity index (χ0v) is 17.5. The van der Waals surface area contributed by atoms with Crippen molar-refractivity contribution in [3.8, 4) is 5.69 Å². The number of ether oxygens (including phenoxy) is 1. The molecule has 3 heterocycles. The van der Waals surface area contributed by atoms with Crippen LogP contribution in [0.2, 0.25) is 0 Å². The van der Waals surface area contributed by atoms with Gasteiger partial charge >= 0.3 is 0 Å². The van der Waals surface area contributed by atoms with Crippen molar-refractivity contribution >= 4 is 0 Å². The van der Waals surface area contributed by atoms with Gasteiger partial charge in [-0.2, -0.15) is 5.10 Å². The Labute approximate surface area is 174 Å². The predicted octanol–water partition coefficient (Wildman–Crippen LogP) is 3.44. The average molecular weight is 395 g/mol. The minimum Gasteiger partial charge on any atom is -0.381 e. The molecule has 5 heteroatoms. The third kappa shape index (κ3) is 4.73. The Morgan fingerprint density at radius 1 is 0.966 bits per heavy atom. The Hall–Kier alpha value is -1.69. The third-order valence-electron chi connectivity index (χ3n) is 7.08. The molecule has 1 aromatic carbocycles. The maximum atomic E-state index is 6.03. The minimum absolute atomic E-state index is 0.823. The van der Waals surface area contributed by atoms with Crippen molar-refractivity contribution in [2.75, 3.05) is 45.9 Å². The first kappa shape index (κ1) is 19.3. The van der Waals surface area contributed by atoms with Crippen LogP contribution in [0.3, 0.4) is 0 Å². The summed E-state index contributed by atoms with van der Waals surface area (Å²) in [4.78, 5) is 5.23. The first-order valence-corrected chi connectivity index (χ1v) is 11.5. The van der Waals surface area contributed by atoms with E-state index in [1.807, 2.05) is 23.1 Å². The fourth-order valence-corrected chi connectivity index (χ4v) is 5.34. The molecule has 2 unspecified atom stereocenters. The molecule has 0 amide bonds. The lowest BCUT2D eigenvalue weighted by atomic mass is 10.1. The van der Waals surface area contributed by atoms with E-state index in [-0.39, 0.29) is 0 Å². The molecule has 2 saturated heterocycles. The smallest absolute Gasteiger partial charge is 0.0645 e. The Morgan fingerprint density at radius 3 is 2.48 bits per heavy atom. The molecule has 0 bridgehead atoms. The van der Waals surface area contributed by atoms with Gasteiger partial charge in [0.05, 0.1) is 12.3 Å². The molecule has 2 aliphatic heterocycles. The number of aromatic nitrogens is 2. The monoisotopic (exact) mass is 394 g/mol. The SMILES string of the molecule is c1cnn(-c2ccc(CN3CC4C(COCCCN5CCCCC5)C4C3)cc2)c1. The Balaban J connectivity index is 0.976. The molecular weight excluding hydrogens is 360 g/mol. The van der Waals surface area contributed by atoms with Crippen molar-refractivity contribution in [1.29, 1.82) is 0 Å². The van der Waals surface area contributed by atoms with Gasteiger partial charge in [-0.3, -0.25) is 4.90 Å². The molecule has 0 spiro atoms. The number of benzene rings is 1. The van der Waals surface area contributed by atoms with Gasteiger partial charge in [0.15, 0.2) is 0 Å². The quantitative estimate of drug-likeness (QED) is 0.610. The van der Waals surface area contributed by atoms with Gasteiger partial charge in [-0.15, -0.1) is 0 Å². The van der Waals surface area contributed by atoms with Crippen LogP contribution in [0.15, 0.2) is 42.7 Å². The summed E-state index contributed by atoms with van der Waals surface area (Å²) < 4.78 is 7.94. The zero-order valence-electron chi connectivity index (χ0n) is 17.5. The summed E-state index contributed by atoms with van der Waals surface area (Å²) >= 11 is 0. The third-order valence-corrected chi connectivity index (χ3v) is 7.08. The van der Waals surface area contributed by atoms with Crippen LogP contribution in [0.5, 0.6) is 0 Å². The topological polar surface area (TPSA) is 33.5 Å². The molecule has 1 aliphatic carbocycles. The standard InChI is InChI=1S/C24H34N4O/c1-2-11-26(12-3-1)13-5-15-29-19-24-22-17-27(18-23(22)24)16-20-6-8-21(9-7-20)28-14-4-10-25-28/h4,6-10,14,22-24H,1-3,5,11-13,15-19H2. The number of nitrogens with zero attached hydrogens (tertiary/aromatic N) is 4. The lowest BCUT2D eigenvalue weighted by Crippen LogP contribution is -2.31. The van der Waals surface area contributed by atoms with E-state index < -0.39 is 0 Å². The van der Waals surface area contributed by atoms with E-state index in [1.165, 1.54) is 64.0 Å². The van der Waals surface area contributed by atoms with E-state index >= 15 is 0 Å². The highest BCUT2D eigenvalue weighted by atomic mass is 16.5. The number of hydrogen-bond donors (Lipinski definition) is 0. The molecule has 0 N–H and O–H groups in total. The van der Waals surface area contributed by atoms with Crippen molar-refractivity contribution in [2.45, 2.75) is 32.2 Å².